The number of aryl methyl sites for hydroxylation is 1. The maximum atomic E-state index is 5.35. The second kappa shape index (κ2) is 5.47. The van der Waals surface area contributed by atoms with Gasteiger partial charge in [-0.15, -0.1) is 22.7 Å². The summed E-state index contributed by atoms with van der Waals surface area (Å²) in [6, 6.07) is 12.0. The van der Waals surface area contributed by atoms with E-state index in [0.717, 1.165) is 26.7 Å². The third-order valence-electron chi connectivity index (χ3n) is 3.19. The topological polar surface area (TPSA) is 51.8 Å². The summed E-state index contributed by atoms with van der Waals surface area (Å²) in [6.07, 6.45) is 0. The molecule has 4 aromatic rings. The first-order valence-corrected chi connectivity index (χ1v) is 8.46. The van der Waals surface area contributed by atoms with Crippen molar-refractivity contribution in [1.82, 2.24) is 15.1 Å². The highest BCUT2D eigenvalue weighted by Crippen LogP contribution is 2.28. The lowest BCUT2D eigenvalue weighted by Crippen LogP contribution is -1.83. The van der Waals surface area contributed by atoms with Crippen LogP contribution in [0, 0.1) is 6.92 Å². The van der Waals surface area contributed by atoms with Crippen molar-refractivity contribution in [1.29, 1.82) is 0 Å². The molecule has 0 saturated heterocycles. The van der Waals surface area contributed by atoms with Gasteiger partial charge < -0.3 is 4.52 Å². The molecule has 0 atom stereocenters. The van der Waals surface area contributed by atoms with Crippen molar-refractivity contribution >= 4 is 22.7 Å². The average Bonchev–Trinajstić information content (AvgIpc) is 3.28. The van der Waals surface area contributed by atoms with Crippen LogP contribution < -0.4 is 0 Å². The van der Waals surface area contributed by atoms with Crippen molar-refractivity contribution in [3.05, 3.63) is 52.2 Å². The van der Waals surface area contributed by atoms with Crippen LogP contribution in [0.1, 0.15) is 5.01 Å². The molecule has 0 aliphatic rings. The maximum Gasteiger partial charge on any atom is 0.268 e. The number of benzene rings is 1. The van der Waals surface area contributed by atoms with Crippen molar-refractivity contribution in [2.45, 2.75) is 6.92 Å². The molecule has 0 N–H and O–H groups in total. The summed E-state index contributed by atoms with van der Waals surface area (Å²) in [6.45, 7) is 2.00. The smallest absolute Gasteiger partial charge is 0.268 e. The number of nitrogens with zero attached hydrogens (tertiary/aromatic N) is 3. The van der Waals surface area contributed by atoms with E-state index in [1.165, 1.54) is 0 Å². The molecule has 108 valence electrons. The molecular weight excluding hydrogens is 314 g/mol. The van der Waals surface area contributed by atoms with Gasteiger partial charge in [0, 0.05) is 16.5 Å². The summed E-state index contributed by atoms with van der Waals surface area (Å²) < 4.78 is 5.35. The fourth-order valence-corrected chi connectivity index (χ4v) is 3.42. The number of hydrogen-bond acceptors (Lipinski definition) is 6. The maximum absolute atomic E-state index is 5.35. The van der Waals surface area contributed by atoms with E-state index in [-0.39, 0.29) is 0 Å². The molecule has 0 radical (unpaired) electrons. The Morgan fingerprint density at radius 1 is 1.00 bits per heavy atom. The number of thiophene rings is 1. The van der Waals surface area contributed by atoms with E-state index in [9.17, 15) is 0 Å². The molecule has 0 amide bonds. The van der Waals surface area contributed by atoms with E-state index in [1.807, 2.05) is 48.7 Å². The van der Waals surface area contributed by atoms with Crippen LogP contribution in [0.25, 0.3) is 33.4 Å². The van der Waals surface area contributed by atoms with Gasteiger partial charge in [0.25, 0.3) is 5.89 Å². The molecule has 6 heteroatoms. The molecule has 0 bridgehead atoms. The predicted octanol–water partition coefficient (Wildman–Crippen LogP) is 4.90. The van der Waals surface area contributed by atoms with Gasteiger partial charge in [0.05, 0.1) is 15.6 Å². The molecule has 3 heterocycles. The standard InChI is InChI=1S/C16H11N3OS2/c1-10-17-13(9-22-10)11-4-2-5-12(8-11)15-18-16(20-19-15)14-6-3-7-21-14/h2-9H,1H3. The summed E-state index contributed by atoms with van der Waals surface area (Å²) in [5, 5.41) is 9.19. The zero-order valence-electron chi connectivity index (χ0n) is 11.7. The molecule has 22 heavy (non-hydrogen) atoms. The minimum Gasteiger partial charge on any atom is -0.333 e. The minimum absolute atomic E-state index is 0.555. The van der Waals surface area contributed by atoms with Gasteiger partial charge in [-0.2, -0.15) is 4.98 Å². The van der Waals surface area contributed by atoms with E-state index in [2.05, 4.69) is 20.5 Å². The largest absolute Gasteiger partial charge is 0.333 e. The SMILES string of the molecule is Cc1nc(-c2cccc(-c3noc(-c4cccs4)n3)c2)cs1. The Labute approximate surface area is 135 Å². The molecule has 0 aliphatic carbocycles. The fraction of sp³-hybridized carbons (Fsp3) is 0.0625. The van der Waals surface area contributed by atoms with Gasteiger partial charge in [-0.05, 0) is 24.4 Å². The molecule has 4 rings (SSSR count). The zero-order valence-corrected chi connectivity index (χ0v) is 13.3. The van der Waals surface area contributed by atoms with Crippen LogP contribution in [0.2, 0.25) is 0 Å². The van der Waals surface area contributed by atoms with Gasteiger partial charge in [0.15, 0.2) is 0 Å². The van der Waals surface area contributed by atoms with E-state index < -0.39 is 0 Å². The van der Waals surface area contributed by atoms with Crippen LogP contribution in [-0.2, 0) is 0 Å². The highest BCUT2D eigenvalue weighted by atomic mass is 32.1. The number of thiazole rings is 1. The molecule has 4 nitrogen and oxygen atoms in total. The second-order valence-corrected chi connectivity index (χ2v) is 6.74. The molecule has 1 aromatic carbocycles. The molecular formula is C16H11N3OS2. The third kappa shape index (κ3) is 2.47. The Morgan fingerprint density at radius 2 is 1.91 bits per heavy atom. The van der Waals surface area contributed by atoms with Crippen LogP contribution in [0.3, 0.4) is 0 Å². The summed E-state index contributed by atoms with van der Waals surface area (Å²) in [5.41, 5.74) is 2.96. The first kappa shape index (κ1) is 13.4. The summed E-state index contributed by atoms with van der Waals surface area (Å²) in [7, 11) is 0. The van der Waals surface area contributed by atoms with Crippen molar-refractivity contribution in [3.8, 4) is 33.4 Å². The third-order valence-corrected chi connectivity index (χ3v) is 4.82. The predicted molar refractivity (Wildman–Crippen MR) is 88.9 cm³/mol. The average molecular weight is 325 g/mol. The Morgan fingerprint density at radius 3 is 2.68 bits per heavy atom. The van der Waals surface area contributed by atoms with Crippen molar-refractivity contribution in [3.63, 3.8) is 0 Å². The molecule has 3 aromatic heterocycles. The van der Waals surface area contributed by atoms with Crippen molar-refractivity contribution in [2.75, 3.05) is 0 Å². The molecule has 0 aliphatic heterocycles. The van der Waals surface area contributed by atoms with Crippen LogP contribution in [0.4, 0.5) is 0 Å². The number of aromatic nitrogens is 3. The molecule has 0 spiro atoms. The van der Waals surface area contributed by atoms with E-state index >= 15 is 0 Å². The number of hydrogen-bond donors (Lipinski definition) is 0. The van der Waals surface area contributed by atoms with Gasteiger partial charge in [-0.1, -0.05) is 29.4 Å². The van der Waals surface area contributed by atoms with Crippen LogP contribution in [0.15, 0.2) is 51.7 Å². The van der Waals surface area contributed by atoms with Crippen LogP contribution in [0.5, 0.6) is 0 Å². The molecule has 0 unspecified atom stereocenters. The van der Waals surface area contributed by atoms with Crippen molar-refractivity contribution < 1.29 is 4.52 Å². The summed E-state index contributed by atoms with van der Waals surface area (Å²) in [5.74, 6) is 1.15. The lowest BCUT2D eigenvalue weighted by Gasteiger charge is -1.99. The second-order valence-electron chi connectivity index (χ2n) is 4.73. The van der Waals surface area contributed by atoms with Gasteiger partial charge in [0.2, 0.25) is 5.82 Å². The highest BCUT2D eigenvalue weighted by molar-refractivity contribution is 7.13. The monoisotopic (exact) mass is 325 g/mol. The first-order valence-electron chi connectivity index (χ1n) is 6.70. The quantitative estimate of drug-likeness (QED) is 0.538. The van der Waals surface area contributed by atoms with Gasteiger partial charge in [-0.25, -0.2) is 4.98 Å². The number of rotatable bonds is 3. The molecule has 0 fully saturated rings. The van der Waals surface area contributed by atoms with E-state index in [1.54, 1.807) is 22.7 Å². The first-order chi connectivity index (χ1) is 10.8. The Hall–Kier alpha value is -2.31. The summed E-state index contributed by atoms with van der Waals surface area (Å²) in [4.78, 5) is 9.97. The van der Waals surface area contributed by atoms with Gasteiger partial charge in [-0.3, -0.25) is 0 Å². The Kier molecular flexibility index (Phi) is 3.32. The summed E-state index contributed by atoms with van der Waals surface area (Å²) >= 11 is 3.23. The lowest BCUT2D eigenvalue weighted by molar-refractivity contribution is 0.433. The normalized spacial score (nSPS) is 11.0. The lowest BCUT2D eigenvalue weighted by atomic mass is 10.1. The fourth-order valence-electron chi connectivity index (χ4n) is 2.15. The van der Waals surface area contributed by atoms with Crippen molar-refractivity contribution in [2.24, 2.45) is 0 Å². The zero-order chi connectivity index (χ0) is 14.9. The van der Waals surface area contributed by atoms with Crippen LogP contribution in [-0.4, -0.2) is 15.1 Å². The van der Waals surface area contributed by atoms with E-state index in [0.29, 0.717) is 11.7 Å². The van der Waals surface area contributed by atoms with E-state index in [4.69, 9.17) is 4.52 Å². The Balaban J connectivity index is 1.71. The highest BCUT2D eigenvalue weighted by Gasteiger charge is 2.12. The van der Waals surface area contributed by atoms with Crippen LogP contribution >= 0.6 is 22.7 Å². The minimum atomic E-state index is 0.555. The molecule has 0 saturated carbocycles. The Bertz CT molecular complexity index is 909. The van der Waals surface area contributed by atoms with Gasteiger partial charge in [0.1, 0.15) is 0 Å². The van der Waals surface area contributed by atoms with Gasteiger partial charge >= 0.3 is 0 Å².